The van der Waals surface area contributed by atoms with E-state index < -0.39 is 11.4 Å². The van der Waals surface area contributed by atoms with Crippen LogP contribution in [0.4, 0.5) is 4.53 Å². The average molecular weight is 458 g/mol. The molecule has 5 rings (SSSR count). The highest BCUT2D eigenvalue weighted by molar-refractivity contribution is 7.15. The van der Waals surface area contributed by atoms with Crippen molar-refractivity contribution >= 4 is 28.2 Å². The van der Waals surface area contributed by atoms with Gasteiger partial charge in [0.05, 0.1) is 18.0 Å². The smallest absolute Gasteiger partial charge is 0.384 e. The highest BCUT2D eigenvalue weighted by Crippen LogP contribution is 2.45. The average Bonchev–Trinajstić information content (AvgIpc) is 3.58. The summed E-state index contributed by atoms with van der Waals surface area (Å²) in [6.45, 7) is 6.29. The number of hydrogen-bond donors (Lipinski definition) is 0. The van der Waals surface area contributed by atoms with Crippen LogP contribution >= 0.6 is 11.3 Å². The van der Waals surface area contributed by atoms with Crippen LogP contribution in [0.15, 0.2) is 29.2 Å². The molecule has 0 spiro atoms. The number of pyridine rings is 1. The molecule has 3 aromatic rings. The number of carbonyl (C=O) groups is 1. The zero-order chi connectivity index (χ0) is 23.0. The van der Waals surface area contributed by atoms with Gasteiger partial charge >= 0.3 is 5.97 Å². The maximum absolute atomic E-state index is 12.9. The first-order valence-corrected chi connectivity index (χ1v) is 12.0. The first-order chi connectivity index (χ1) is 15.5. The zero-order valence-electron chi connectivity index (χ0n) is 18.9. The van der Waals surface area contributed by atoms with E-state index in [-0.39, 0.29) is 11.6 Å². The van der Waals surface area contributed by atoms with Crippen molar-refractivity contribution in [3.63, 3.8) is 0 Å². The Kier molecular flexibility index (Phi) is 6.38. The number of fused-ring (bicyclic) bond motifs is 2. The molecule has 2 heterocycles. The van der Waals surface area contributed by atoms with Crippen LogP contribution in [-0.2, 0) is 17.8 Å². The lowest BCUT2D eigenvalue weighted by Gasteiger charge is -2.17. The van der Waals surface area contributed by atoms with Crippen LogP contribution in [0.1, 0.15) is 66.9 Å². The minimum Gasteiger partial charge on any atom is -0.494 e. The first kappa shape index (κ1) is 22.5. The summed E-state index contributed by atoms with van der Waals surface area (Å²) in [6.07, 6.45) is 6.66. The van der Waals surface area contributed by atoms with Gasteiger partial charge in [-0.05, 0) is 61.8 Å². The Morgan fingerprint density at radius 2 is 1.97 bits per heavy atom. The first-order valence-electron chi connectivity index (χ1n) is 11.2. The molecular weight excluding hydrogens is 429 g/mol. The van der Waals surface area contributed by atoms with E-state index in [9.17, 15) is 14.1 Å². The quantitative estimate of drug-likeness (QED) is 0.464. The molecular formula is C25H28FNO4S. The topological polar surface area (TPSA) is 57.5 Å². The molecule has 0 N–H and O–H groups in total. The molecule has 1 aromatic carbocycles. The largest absolute Gasteiger partial charge is 0.494 e. The number of thiophene rings is 1. The molecule has 0 bridgehead atoms. The molecule has 7 heteroatoms. The van der Waals surface area contributed by atoms with Crippen molar-refractivity contribution in [2.45, 2.75) is 58.9 Å². The van der Waals surface area contributed by atoms with Crippen molar-refractivity contribution in [2.75, 3.05) is 7.11 Å². The second-order valence-electron chi connectivity index (χ2n) is 8.32. The van der Waals surface area contributed by atoms with Crippen molar-refractivity contribution < 1.29 is 19.0 Å². The molecule has 1 saturated carbocycles. The van der Waals surface area contributed by atoms with Gasteiger partial charge in [-0.1, -0.05) is 20.8 Å². The van der Waals surface area contributed by atoms with Crippen LogP contribution in [0.25, 0.3) is 21.3 Å². The number of hydrogen-bond acceptors (Lipinski definition) is 5. The zero-order valence-corrected chi connectivity index (χ0v) is 19.7. The third-order valence-electron chi connectivity index (χ3n) is 6.18. The van der Waals surface area contributed by atoms with Crippen LogP contribution in [-0.4, -0.2) is 17.6 Å². The summed E-state index contributed by atoms with van der Waals surface area (Å²) >= 11 is 1.78. The predicted molar refractivity (Wildman–Crippen MR) is 125 cm³/mol. The van der Waals surface area contributed by atoms with Crippen LogP contribution in [0.2, 0.25) is 0 Å². The van der Waals surface area contributed by atoms with E-state index in [1.165, 1.54) is 23.1 Å². The van der Waals surface area contributed by atoms with Gasteiger partial charge in [0.2, 0.25) is 5.43 Å². The van der Waals surface area contributed by atoms with E-state index >= 15 is 0 Å². The predicted octanol–water partition coefficient (Wildman–Crippen LogP) is 6.27. The van der Waals surface area contributed by atoms with Crippen molar-refractivity contribution in [3.8, 4) is 16.2 Å². The monoisotopic (exact) mass is 457 g/mol. The SMILES string of the molecule is CC.COc1c(-c2cc3c(s2)CC(C)CC3)ccc2c(=O)c(C(=O)OF)cn(C3CC3)c12. The maximum Gasteiger partial charge on any atom is 0.384 e. The van der Waals surface area contributed by atoms with Gasteiger partial charge in [-0.25, -0.2) is 9.74 Å². The molecule has 1 atom stereocenters. The Morgan fingerprint density at radius 1 is 1.22 bits per heavy atom. The van der Waals surface area contributed by atoms with Gasteiger partial charge in [0.25, 0.3) is 0 Å². The Morgan fingerprint density at radius 3 is 2.62 bits per heavy atom. The molecule has 2 aliphatic carbocycles. The van der Waals surface area contributed by atoms with Gasteiger partial charge < -0.3 is 9.30 Å². The molecule has 0 saturated heterocycles. The summed E-state index contributed by atoms with van der Waals surface area (Å²) in [5.74, 6) is 0.0407. The van der Waals surface area contributed by atoms with Crippen molar-refractivity contribution in [1.82, 2.24) is 4.57 Å². The standard InChI is InChI=1S/C23H22FNO4S.C2H6/c1-12-3-4-13-10-19(30-18(13)9-12)15-7-8-16-20(22(15)28-2)25(14-5-6-14)11-17(21(16)26)23(27)29-24;1-2/h7-8,10-12,14H,3-6,9H2,1-2H3;1-2H3. The fourth-order valence-electron chi connectivity index (χ4n) is 4.45. The van der Waals surface area contributed by atoms with Crippen molar-refractivity contribution in [3.05, 3.63) is 50.6 Å². The fraction of sp³-hybridized carbons (Fsp3) is 0.440. The number of ether oxygens (including phenoxy) is 1. The van der Waals surface area contributed by atoms with E-state index in [1.807, 2.05) is 24.5 Å². The number of nitrogens with zero attached hydrogens (tertiary/aromatic N) is 1. The number of carbonyl (C=O) groups excluding carboxylic acids is 1. The van der Waals surface area contributed by atoms with Crippen molar-refractivity contribution in [1.29, 1.82) is 0 Å². The van der Waals surface area contributed by atoms with Crippen molar-refractivity contribution in [2.24, 2.45) is 5.92 Å². The third-order valence-corrected chi connectivity index (χ3v) is 7.42. The van der Waals surface area contributed by atoms with E-state index in [1.54, 1.807) is 24.5 Å². The summed E-state index contributed by atoms with van der Waals surface area (Å²) in [7, 11) is 1.60. The highest BCUT2D eigenvalue weighted by atomic mass is 32.1. The van der Waals surface area contributed by atoms with Gasteiger partial charge in [-0.2, -0.15) is 0 Å². The van der Waals surface area contributed by atoms with Crippen LogP contribution < -0.4 is 10.2 Å². The Bertz CT molecular complexity index is 1220. The minimum atomic E-state index is -1.26. The van der Waals surface area contributed by atoms with E-state index in [0.717, 1.165) is 36.1 Å². The van der Waals surface area contributed by atoms with Crippen LogP contribution in [0, 0.1) is 5.92 Å². The normalized spacial score (nSPS) is 17.3. The molecule has 32 heavy (non-hydrogen) atoms. The van der Waals surface area contributed by atoms with E-state index in [4.69, 9.17) is 4.74 Å². The molecule has 1 unspecified atom stereocenters. The minimum absolute atomic E-state index is 0.154. The lowest BCUT2D eigenvalue weighted by atomic mass is 9.90. The van der Waals surface area contributed by atoms with E-state index in [0.29, 0.717) is 22.6 Å². The maximum atomic E-state index is 12.9. The number of methoxy groups -OCH3 is 1. The van der Waals surface area contributed by atoms with Crippen LogP contribution in [0.5, 0.6) is 5.75 Å². The Balaban J connectivity index is 0.00000119. The number of rotatable bonds is 4. The Hall–Kier alpha value is -2.67. The number of aromatic nitrogens is 1. The molecule has 0 radical (unpaired) electrons. The molecule has 170 valence electrons. The van der Waals surface area contributed by atoms with Crippen LogP contribution in [0.3, 0.4) is 0 Å². The van der Waals surface area contributed by atoms with Gasteiger partial charge in [0.1, 0.15) is 5.56 Å². The second kappa shape index (κ2) is 9.06. The summed E-state index contributed by atoms with van der Waals surface area (Å²) < 4.78 is 20.2. The van der Waals surface area contributed by atoms with E-state index in [2.05, 4.69) is 17.9 Å². The summed E-state index contributed by atoms with van der Waals surface area (Å²) in [4.78, 5) is 30.6. The lowest BCUT2D eigenvalue weighted by Crippen LogP contribution is -2.19. The van der Waals surface area contributed by atoms with Gasteiger partial charge in [0.15, 0.2) is 5.75 Å². The Labute approximate surface area is 190 Å². The molecule has 2 aliphatic rings. The lowest BCUT2D eigenvalue weighted by molar-refractivity contribution is -0.0789. The van der Waals surface area contributed by atoms with Gasteiger partial charge in [-0.15, -0.1) is 11.3 Å². The molecule has 0 amide bonds. The number of halogens is 1. The summed E-state index contributed by atoms with van der Waals surface area (Å²) in [5, 5.41) is 0.334. The van der Waals surface area contributed by atoms with Gasteiger partial charge in [0, 0.05) is 32.1 Å². The molecule has 2 aromatic heterocycles. The second-order valence-corrected chi connectivity index (χ2v) is 9.46. The number of aryl methyl sites for hydroxylation is 1. The molecule has 1 fully saturated rings. The fourth-order valence-corrected chi connectivity index (χ4v) is 5.85. The third kappa shape index (κ3) is 3.83. The summed E-state index contributed by atoms with van der Waals surface area (Å²) in [5.41, 5.74) is 2.14. The van der Waals surface area contributed by atoms with Gasteiger partial charge in [-0.3, -0.25) is 4.79 Å². The number of benzene rings is 1. The summed E-state index contributed by atoms with van der Waals surface area (Å²) in [6, 6.07) is 5.97. The molecule has 0 aliphatic heterocycles. The highest BCUT2D eigenvalue weighted by Gasteiger charge is 2.30. The molecule has 5 nitrogen and oxygen atoms in total.